The third kappa shape index (κ3) is 3.01. The average molecular weight is 264 g/mol. The summed E-state index contributed by atoms with van der Waals surface area (Å²) in [6, 6.07) is 6.79. The molecule has 0 aromatic heterocycles. The molecule has 1 atom stereocenters. The highest BCUT2D eigenvalue weighted by molar-refractivity contribution is 5.42. The maximum absolute atomic E-state index is 6.02. The van der Waals surface area contributed by atoms with Crippen molar-refractivity contribution in [3.63, 3.8) is 0 Å². The van der Waals surface area contributed by atoms with E-state index in [1.54, 1.807) is 14.2 Å². The predicted octanol–water partition coefficient (Wildman–Crippen LogP) is 2.19. The summed E-state index contributed by atoms with van der Waals surface area (Å²) in [5.74, 6) is 1.73. The van der Waals surface area contributed by atoms with E-state index in [1.807, 2.05) is 18.2 Å². The second-order valence-corrected chi connectivity index (χ2v) is 4.92. The number of nitrogens with two attached hydrogens (primary N) is 1. The molecule has 19 heavy (non-hydrogen) atoms. The molecule has 4 heteroatoms. The molecule has 0 amide bonds. The van der Waals surface area contributed by atoms with Gasteiger partial charge in [-0.15, -0.1) is 0 Å². The van der Waals surface area contributed by atoms with Crippen LogP contribution in [0, 0.1) is 0 Å². The zero-order chi connectivity index (χ0) is 13.8. The van der Waals surface area contributed by atoms with Gasteiger partial charge in [0.1, 0.15) is 11.5 Å². The fourth-order valence-corrected chi connectivity index (χ4v) is 2.68. The molecular formula is C15H24N2O2. The van der Waals surface area contributed by atoms with Crippen molar-refractivity contribution in [2.45, 2.75) is 31.8 Å². The van der Waals surface area contributed by atoms with Gasteiger partial charge >= 0.3 is 0 Å². The highest BCUT2D eigenvalue weighted by Crippen LogP contribution is 2.38. The Morgan fingerprint density at radius 1 is 1.32 bits per heavy atom. The lowest BCUT2D eigenvalue weighted by molar-refractivity contribution is 0.197. The lowest BCUT2D eigenvalue weighted by Crippen LogP contribution is -2.35. The van der Waals surface area contributed by atoms with Gasteiger partial charge in [-0.05, 0) is 37.6 Å². The summed E-state index contributed by atoms with van der Waals surface area (Å²) < 4.78 is 10.8. The number of likely N-dealkylation sites (N-methyl/N-ethyl adjacent to an activating group) is 1. The van der Waals surface area contributed by atoms with Crippen LogP contribution in [0.25, 0.3) is 0 Å². The van der Waals surface area contributed by atoms with Gasteiger partial charge in [-0.25, -0.2) is 0 Å². The Morgan fingerprint density at radius 3 is 2.53 bits per heavy atom. The molecule has 0 aliphatic heterocycles. The van der Waals surface area contributed by atoms with Gasteiger partial charge in [-0.1, -0.05) is 6.92 Å². The molecule has 1 aromatic carbocycles. The van der Waals surface area contributed by atoms with Gasteiger partial charge in [-0.2, -0.15) is 0 Å². The minimum Gasteiger partial charge on any atom is -0.497 e. The Bertz CT molecular complexity index is 419. The summed E-state index contributed by atoms with van der Waals surface area (Å²) >= 11 is 0. The van der Waals surface area contributed by atoms with E-state index in [0.29, 0.717) is 12.6 Å². The number of benzene rings is 1. The maximum Gasteiger partial charge on any atom is 0.123 e. The van der Waals surface area contributed by atoms with Crippen LogP contribution in [0.3, 0.4) is 0 Å². The van der Waals surface area contributed by atoms with Crippen molar-refractivity contribution >= 4 is 0 Å². The van der Waals surface area contributed by atoms with Crippen molar-refractivity contribution in [1.29, 1.82) is 0 Å². The van der Waals surface area contributed by atoms with E-state index in [0.717, 1.165) is 23.6 Å². The molecule has 1 fully saturated rings. The standard InChI is InChI=1S/C15H24N2O2/c1-4-17(11-5-6-11)14(10-16)13-9-12(18-2)7-8-15(13)19-3/h7-9,11,14H,4-6,10,16H2,1-3H3. The van der Waals surface area contributed by atoms with Gasteiger partial charge in [0, 0.05) is 18.2 Å². The molecule has 1 saturated carbocycles. The van der Waals surface area contributed by atoms with E-state index in [-0.39, 0.29) is 6.04 Å². The number of ether oxygens (including phenoxy) is 2. The number of hydrogen-bond acceptors (Lipinski definition) is 4. The smallest absolute Gasteiger partial charge is 0.123 e. The minimum absolute atomic E-state index is 0.197. The van der Waals surface area contributed by atoms with Gasteiger partial charge in [-0.3, -0.25) is 4.90 Å². The molecule has 1 aliphatic rings. The Morgan fingerprint density at radius 2 is 2.05 bits per heavy atom. The van der Waals surface area contributed by atoms with Gasteiger partial charge in [0.25, 0.3) is 0 Å². The van der Waals surface area contributed by atoms with Crippen LogP contribution in [0.5, 0.6) is 11.5 Å². The van der Waals surface area contributed by atoms with E-state index in [1.165, 1.54) is 12.8 Å². The molecule has 0 saturated heterocycles. The van der Waals surface area contributed by atoms with Gasteiger partial charge in [0.2, 0.25) is 0 Å². The first-order valence-electron chi connectivity index (χ1n) is 6.92. The van der Waals surface area contributed by atoms with Crippen LogP contribution in [-0.2, 0) is 0 Å². The SMILES string of the molecule is CCN(C1CC1)C(CN)c1cc(OC)ccc1OC. The van der Waals surface area contributed by atoms with Crippen LogP contribution >= 0.6 is 0 Å². The Labute approximate surface area is 115 Å². The van der Waals surface area contributed by atoms with Crippen molar-refractivity contribution < 1.29 is 9.47 Å². The van der Waals surface area contributed by atoms with Gasteiger partial charge < -0.3 is 15.2 Å². The van der Waals surface area contributed by atoms with Crippen LogP contribution in [-0.4, -0.2) is 38.3 Å². The zero-order valence-electron chi connectivity index (χ0n) is 12.1. The predicted molar refractivity (Wildman–Crippen MR) is 76.7 cm³/mol. The molecule has 1 aromatic rings. The second-order valence-electron chi connectivity index (χ2n) is 4.92. The van der Waals surface area contributed by atoms with E-state index in [2.05, 4.69) is 11.8 Å². The first kappa shape index (κ1) is 14.2. The molecule has 1 aliphatic carbocycles. The van der Waals surface area contributed by atoms with Crippen LogP contribution in [0.1, 0.15) is 31.4 Å². The zero-order valence-corrected chi connectivity index (χ0v) is 12.1. The highest BCUT2D eigenvalue weighted by Gasteiger charge is 2.34. The monoisotopic (exact) mass is 264 g/mol. The van der Waals surface area contributed by atoms with Crippen LogP contribution in [0.15, 0.2) is 18.2 Å². The lowest BCUT2D eigenvalue weighted by atomic mass is 10.0. The van der Waals surface area contributed by atoms with Crippen LogP contribution in [0.2, 0.25) is 0 Å². The summed E-state index contributed by atoms with van der Waals surface area (Å²) in [7, 11) is 3.38. The molecule has 4 nitrogen and oxygen atoms in total. The first-order valence-corrected chi connectivity index (χ1v) is 6.92. The third-order valence-electron chi connectivity index (χ3n) is 3.80. The van der Waals surface area contributed by atoms with Crippen molar-refractivity contribution in [2.24, 2.45) is 5.73 Å². The molecule has 1 unspecified atom stereocenters. The first-order chi connectivity index (χ1) is 9.24. The highest BCUT2D eigenvalue weighted by atomic mass is 16.5. The molecule has 0 bridgehead atoms. The Balaban J connectivity index is 2.34. The van der Waals surface area contributed by atoms with E-state index in [9.17, 15) is 0 Å². The van der Waals surface area contributed by atoms with Gasteiger partial charge in [0.05, 0.1) is 20.3 Å². The van der Waals surface area contributed by atoms with E-state index >= 15 is 0 Å². The van der Waals surface area contributed by atoms with Gasteiger partial charge in [0.15, 0.2) is 0 Å². The van der Waals surface area contributed by atoms with E-state index in [4.69, 9.17) is 15.2 Å². The summed E-state index contributed by atoms with van der Waals surface area (Å²) in [5.41, 5.74) is 7.15. The lowest BCUT2D eigenvalue weighted by Gasteiger charge is -2.31. The fourth-order valence-electron chi connectivity index (χ4n) is 2.68. The topological polar surface area (TPSA) is 47.7 Å². The van der Waals surface area contributed by atoms with Crippen LogP contribution < -0.4 is 15.2 Å². The molecule has 0 spiro atoms. The summed E-state index contributed by atoms with van der Waals surface area (Å²) in [6.45, 7) is 3.79. The molecule has 2 N–H and O–H groups in total. The number of hydrogen-bond donors (Lipinski definition) is 1. The molecule has 2 rings (SSSR count). The molecule has 106 valence electrons. The van der Waals surface area contributed by atoms with Crippen LogP contribution in [0.4, 0.5) is 0 Å². The summed E-state index contributed by atoms with van der Waals surface area (Å²) in [5, 5.41) is 0. The number of methoxy groups -OCH3 is 2. The Kier molecular flexibility index (Phi) is 4.66. The largest absolute Gasteiger partial charge is 0.497 e. The summed E-state index contributed by atoms with van der Waals surface area (Å²) in [4.78, 5) is 2.47. The Hall–Kier alpha value is -1.26. The molecule has 0 heterocycles. The second kappa shape index (κ2) is 6.26. The van der Waals surface area contributed by atoms with Crippen molar-refractivity contribution in [3.8, 4) is 11.5 Å². The maximum atomic E-state index is 6.02. The fraction of sp³-hybridized carbons (Fsp3) is 0.600. The number of rotatable bonds is 7. The van der Waals surface area contributed by atoms with Crippen molar-refractivity contribution in [2.75, 3.05) is 27.3 Å². The number of nitrogens with zero attached hydrogens (tertiary/aromatic N) is 1. The molecular weight excluding hydrogens is 240 g/mol. The third-order valence-corrected chi connectivity index (χ3v) is 3.80. The van der Waals surface area contributed by atoms with E-state index < -0.39 is 0 Å². The quantitative estimate of drug-likeness (QED) is 0.820. The molecule has 0 radical (unpaired) electrons. The minimum atomic E-state index is 0.197. The van der Waals surface area contributed by atoms with Crippen molar-refractivity contribution in [3.05, 3.63) is 23.8 Å². The summed E-state index contributed by atoms with van der Waals surface area (Å²) in [6.07, 6.45) is 2.55. The van der Waals surface area contributed by atoms with Crippen molar-refractivity contribution in [1.82, 2.24) is 4.90 Å². The average Bonchev–Trinajstić information content (AvgIpc) is 3.28. The normalized spacial score (nSPS) is 16.5.